The maximum Gasteiger partial charge on any atom is 0.254 e. The van der Waals surface area contributed by atoms with Gasteiger partial charge in [0.25, 0.3) is 5.91 Å². The van der Waals surface area contributed by atoms with Gasteiger partial charge in [-0.25, -0.2) is 4.39 Å². The Bertz CT molecular complexity index is 824. The summed E-state index contributed by atoms with van der Waals surface area (Å²) in [5.74, 6) is -0.365. The zero-order valence-corrected chi connectivity index (χ0v) is 14.8. The van der Waals surface area contributed by atoms with Gasteiger partial charge >= 0.3 is 0 Å². The predicted octanol–water partition coefficient (Wildman–Crippen LogP) is 3.10. The van der Waals surface area contributed by atoms with Gasteiger partial charge < -0.3 is 14.5 Å². The quantitative estimate of drug-likeness (QED) is 0.846. The molecular formula is C20H21FN2O3. The fourth-order valence-corrected chi connectivity index (χ4v) is 3.13. The summed E-state index contributed by atoms with van der Waals surface area (Å²) >= 11 is 0. The molecule has 2 aromatic carbocycles. The van der Waals surface area contributed by atoms with Crippen LogP contribution in [0.1, 0.15) is 24.2 Å². The molecule has 26 heavy (non-hydrogen) atoms. The lowest BCUT2D eigenvalue weighted by Gasteiger charge is -2.39. The Balaban J connectivity index is 1.82. The van der Waals surface area contributed by atoms with Gasteiger partial charge in [0, 0.05) is 18.7 Å². The fourth-order valence-electron chi connectivity index (χ4n) is 3.13. The lowest BCUT2D eigenvalue weighted by atomic mass is 10.1. The van der Waals surface area contributed by atoms with Crippen LogP contribution in [-0.2, 0) is 4.79 Å². The number of piperazine rings is 1. The average molecular weight is 356 g/mol. The molecule has 1 unspecified atom stereocenters. The van der Waals surface area contributed by atoms with Gasteiger partial charge in [0.05, 0.1) is 12.3 Å². The number of carbonyl (C=O) groups excluding carboxylic acids is 2. The first-order chi connectivity index (χ1) is 12.5. The van der Waals surface area contributed by atoms with Gasteiger partial charge in [-0.15, -0.1) is 0 Å². The highest BCUT2D eigenvalue weighted by molar-refractivity contribution is 6.04. The maximum atomic E-state index is 13.4. The monoisotopic (exact) mass is 356 g/mol. The number of amides is 2. The number of rotatable bonds is 4. The number of halogens is 1. The van der Waals surface area contributed by atoms with Crippen LogP contribution in [0.2, 0.25) is 0 Å². The van der Waals surface area contributed by atoms with E-state index in [0.717, 1.165) is 0 Å². The lowest BCUT2D eigenvalue weighted by Crippen LogP contribution is -2.57. The molecule has 2 amide bonds. The number of ether oxygens (including phenoxy) is 1. The summed E-state index contributed by atoms with van der Waals surface area (Å²) in [5, 5.41) is 0. The Morgan fingerprint density at radius 3 is 2.69 bits per heavy atom. The van der Waals surface area contributed by atoms with Crippen molar-refractivity contribution in [3.63, 3.8) is 0 Å². The van der Waals surface area contributed by atoms with Crippen LogP contribution in [0.5, 0.6) is 5.75 Å². The normalized spacial score (nSPS) is 17.3. The van der Waals surface area contributed by atoms with E-state index in [1.807, 2.05) is 31.2 Å². The highest BCUT2D eigenvalue weighted by atomic mass is 19.1. The second kappa shape index (κ2) is 7.56. The van der Waals surface area contributed by atoms with E-state index >= 15 is 0 Å². The van der Waals surface area contributed by atoms with Crippen LogP contribution in [0.4, 0.5) is 10.1 Å². The highest BCUT2D eigenvalue weighted by Crippen LogP contribution is 2.30. The first kappa shape index (κ1) is 17.9. The molecular weight excluding hydrogens is 335 g/mol. The summed E-state index contributed by atoms with van der Waals surface area (Å²) in [5.41, 5.74) is 0.942. The molecule has 2 aromatic rings. The molecule has 0 bridgehead atoms. The maximum absolute atomic E-state index is 13.4. The summed E-state index contributed by atoms with van der Waals surface area (Å²) < 4.78 is 19.0. The molecule has 136 valence electrons. The molecule has 0 radical (unpaired) electrons. The van der Waals surface area contributed by atoms with Gasteiger partial charge in [0.1, 0.15) is 17.6 Å². The van der Waals surface area contributed by atoms with Crippen molar-refractivity contribution in [3.05, 3.63) is 59.9 Å². The minimum absolute atomic E-state index is 0.187. The standard InChI is InChI=1S/C20H21FN2O3/c1-3-26-18-10-5-4-9-17(18)23-12-11-22(14(2)19(23)24)20(25)15-7-6-8-16(21)13-15/h4-10,13-14H,3,11-12H2,1-2H3. The molecule has 1 atom stereocenters. The van der Waals surface area contributed by atoms with Crippen molar-refractivity contribution >= 4 is 17.5 Å². The zero-order valence-electron chi connectivity index (χ0n) is 14.8. The van der Waals surface area contributed by atoms with Gasteiger partial charge in [-0.3, -0.25) is 9.59 Å². The number of anilines is 1. The molecule has 1 aliphatic heterocycles. The molecule has 5 nitrogen and oxygen atoms in total. The third-order valence-corrected chi connectivity index (χ3v) is 4.44. The fraction of sp³-hybridized carbons (Fsp3) is 0.300. The summed E-state index contributed by atoms with van der Waals surface area (Å²) in [6.45, 7) is 4.79. The first-order valence-corrected chi connectivity index (χ1v) is 8.62. The Kier molecular flexibility index (Phi) is 5.21. The Morgan fingerprint density at radius 2 is 1.96 bits per heavy atom. The van der Waals surface area contributed by atoms with Crippen LogP contribution >= 0.6 is 0 Å². The van der Waals surface area contributed by atoms with Crippen molar-refractivity contribution in [3.8, 4) is 5.75 Å². The van der Waals surface area contributed by atoms with Crippen molar-refractivity contribution in [2.24, 2.45) is 0 Å². The van der Waals surface area contributed by atoms with Crippen LogP contribution in [-0.4, -0.2) is 42.5 Å². The van der Waals surface area contributed by atoms with E-state index in [1.165, 1.54) is 23.1 Å². The molecule has 0 spiro atoms. The van der Waals surface area contributed by atoms with E-state index in [-0.39, 0.29) is 17.4 Å². The van der Waals surface area contributed by atoms with Crippen molar-refractivity contribution < 1.29 is 18.7 Å². The number of carbonyl (C=O) groups is 2. The minimum Gasteiger partial charge on any atom is -0.492 e. The minimum atomic E-state index is -0.644. The second-order valence-electron chi connectivity index (χ2n) is 6.08. The van der Waals surface area contributed by atoms with Crippen LogP contribution in [0.3, 0.4) is 0 Å². The average Bonchev–Trinajstić information content (AvgIpc) is 2.64. The Hall–Kier alpha value is -2.89. The van der Waals surface area contributed by atoms with E-state index in [2.05, 4.69) is 0 Å². The van der Waals surface area contributed by atoms with Crippen LogP contribution in [0.15, 0.2) is 48.5 Å². The smallest absolute Gasteiger partial charge is 0.254 e. The molecule has 0 aromatic heterocycles. The van der Waals surface area contributed by atoms with E-state index in [9.17, 15) is 14.0 Å². The number of nitrogens with zero attached hydrogens (tertiary/aromatic N) is 2. The van der Waals surface area contributed by atoms with Gasteiger partial charge in [0.2, 0.25) is 5.91 Å². The van der Waals surface area contributed by atoms with Crippen molar-refractivity contribution in [2.45, 2.75) is 19.9 Å². The molecule has 1 aliphatic rings. The van der Waals surface area contributed by atoms with E-state index in [4.69, 9.17) is 4.74 Å². The summed E-state index contributed by atoms with van der Waals surface area (Å²) in [6.07, 6.45) is 0. The molecule has 1 fully saturated rings. The molecule has 0 N–H and O–H groups in total. The number of para-hydroxylation sites is 2. The summed E-state index contributed by atoms with van der Waals surface area (Å²) in [4.78, 5) is 28.7. The van der Waals surface area contributed by atoms with E-state index in [0.29, 0.717) is 31.1 Å². The van der Waals surface area contributed by atoms with Gasteiger partial charge in [-0.05, 0) is 44.2 Å². The molecule has 1 heterocycles. The zero-order chi connectivity index (χ0) is 18.7. The molecule has 0 saturated carbocycles. The van der Waals surface area contributed by atoms with Crippen LogP contribution in [0, 0.1) is 5.82 Å². The number of benzene rings is 2. The second-order valence-corrected chi connectivity index (χ2v) is 6.08. The molecule has 3 rings (SSSR count). The van der Waals surface area contributed by atoms with Crippen LogP contribution in [0.25, 0.3) is 0 Å². The van der Waals surface area contributed by atoms with Crippen molar-refractivity contribution in [1.29, 1.82) is 0 Å². The van der Waals surface area contributed by atoms with E-state index < -0.39 is 11.9 Å². The lowest BCUT2D eigenvalue weighted by molar-refractivity contribution is -0.124. The van der Waals surface area contributed by atoms with Crippen molar-refractivity contribution in [2.75, 3.05) is 24.6 Å². The largest absolute Gasteiger partial charge is 0.492 e. The molecule has 1 saturated heterocycles. The molecule has 6 heteroatoms. The van der Waals surface area contributed by atoms with Crippen LogP contribution < -0.4 is 9.64 Å². The summed E-state index contributed by atoms with van der Waals surface area (Å²) in [6, 6.07) is 12.2. The van der Waals surface area contributed by atoms with Gasteiger partial charge in [0.15, 0.2) is 0 Å². The summed E-state index contributed by atoms with van der Waals surface area (Å²) in [7, 11) is 0. The highest BCUT2D eigenvalue weighted by Gasteiger charge is 2.36. The first-order valence-electron chi connectivity index (χ1n) is 8.62. The number of hydrogen-bond acceptors (Lipinski definition) is 3. The Morgan fingerprint density at radius 1 is 1.19 bits per heavy atom. The topological polar surface area (TPSA) is 49.9 Å². The van der Waals surface area contributed by atoms with Gasteiger partial charge in [-0.2, -0.15) is 0 Å². The predicted molar refractivity (Wildman–Crippen MR) is 96.9 cm³/mol. The third kappa shape index (κ3) is 3.40. The molecule has 0 aliphatic carbocycles. The van der Waals surface area contributed by atoms with E-state index in [1.54, 1.807) is 17.9 Å². The third-order valence-electron chi connectivity index (χ3n) is 4.44. The SMILES string of the molecule is CCOc1ccccc1N1CCN(C(=O)c2cccc(F)c2)C(C)C1=O. The van der Waals surface area contributed by atoms with Crippen molar-refractivity contribution in [1.82, 2.24) is 4.90 Å². The Labute approximate surface area is 152 Å². The van der Waals surface area contributed by atoms with Gasteiger partial charge in [-0.1, -0.05) is 18.2 Å². The number of hydrogen-bond donors (Lipinski definition) is 0.